The first-order chi connectivity index (χ1) is 7.31. The van der Waals surface area contributed by atoms with Crippen LogP contribution in [0.2, 0.25) is 0 Å². The predicted octanol–water partition coefficient (Wildman–Crippen LogP) is 4.41. The molecule has 2 rings (SSSR count). The summed E-state index contributed by atoms with van der Waals surface area (Å²) < 4.78 is 14.1. The molecule has 1 aromatic carbocycles. The van der Waals surface area contributed by atoms with Gasteiger partial charge in [0.15, 0.2) is 0 Å². The Morgan fingerprint density at radius 2 is 2.07 bits per heavy atom. The highest BCUT2D eigenvalue weighted by atomic mass is 32.1. The second kappa shape index (κ2) is 5.81. The molecule has 0 amide bonds. The van der Waals surface area contributed by atoms with E-state index in [1.807, 2.05) is 19.9 Å². The zero-order valence-corrected chi connectivity index (χ0v) is 10.2. The predicted molar refractivity (Wildman–Crippen MR) is 64.9 cm³/mol. The second-order valence-electron chi connectivity index (χ2n) is 2.94. The minimum absolute atomic E-state index is 0.212. The fourth-order valence-corrected chi connectivity index (χ4v) is 2.37. The Hall–Kier alpha value is -0.960. The van der Waals surface area contributed by atoms with Crippen LogP contribution in [0.15, 0.2) is 18.2 Å². The van der Waals surface area contributed by atoms with E-state index in [0.29, 0.717) is 5.52 Å². The smallest absolute Gasteiger partial charge is 0.150 e. The van der Waals surface area contributed by atoms with Gasteiger partial charge in [0.2, 0.25) is 0 Å². The summed E-state index contributed by atoms with van der Waals surface area (Å²) in [5.74, 6) is -0.212. The van der Waals surface area contributed by atoms with E-state index < -0.39 is 0 Å². The van der Waals surface area contributed by atoms with Crippen LogP contribution in [0.5, 0.6) is 0 Å². The summed E-state index contributed by atoms with van der Waals surface area (Å²) >= 11 is 1.58. The van der Waals surface area contributed by atoms with E-state index in [2.05, 4.69) is 11.9 Å². The van der Waals surface area contributed by atoms with Crippen molar-refractivity contribution in [2.75, 3.05) is 0 Å². The third-order valence-electron chi connectivity index (χ3n) is 1.88. The van der Waals surface area contributed by atoms with Crippen LogP contribution in [-0.4, -0.2) is 4.98 Å². The zero-order valence-electron chi connectivity index (χ0n) is 9.38. The van der Waals surface area contributed by atoms with Gasteiger partial charge in [-0.05, 0) is 25.0 Å². The third kappa shape index (κ3) is 2.75. The van der Waals surface area contributed by atoms with Crippen molar-refractivity contribution in [2.45, 2.75) is 33.6 Å². The number of nitrogens with zero attached hydrogens (tertiary/aromatic N) is 1. The molecule has 0 N–H and O–H groups in total. The minimum atomic E-state index is -0.212. The SMILES string of the molecule is CC.CCCc1nc2c(F)cccc2s1. The first kappa shape index (κ1) is 12.1. The molecule has 82 valence electrons. The third-order valence-corrected chi connectivity index (χ3v) is 2.96. The van der Waals surface area contributed by atoms with Crippen molar-refractivity contribution in [2.24, 2.45) is 0 Å². The van der Waals surface area contributed by atoms with Crippen LogP contribution in [0, 0.1) is 5.82 Å². The van der Waals surface area contributed by atoms with Crippen molar-refractivity contribution in [1.29, 1.82) is 0 Å². The Morgan fingerprint density at radius 1 is 1.33 bits per heavy atom. The maximum atomic E-state index is 13.2. The van der Waals surface area contributed by atoms with Gasteiger partial charge in [-0.15, -0.1) is 11.3 Å². The van der Waals surface area contributed by atoms with Crippen molar-refractivity contribution in [3.8, 4) is 0 Å². The Labute approximate surface area is 94.0 Å². The summed E-state index contributed by atoms with van der Waals surface area (Å²) in [7, 11) is 0. The number of para-hydroxylation sites is 1. The molecule has 0 saturated carbocycles. The summed E-state index contributed by atoms with van der Waals surface area (Å²) in [4.78, 5) is 4.25. The highest BCUT2D eigenvalue weighted by molar-refractivity contribution is 7.18. The highest BCUT2D eigenvalue weighted by Crippen LogP contribution is 2.24. The fourth-order valence-electron chi connectivity index (χ4n) is 1.28. The molecule has 0 aliphatic rings. The topological polar surface area (TPSA) is 12.9 Å². The molecule has 0 aliphatic carbocycles. The van der Waals surface area contributed by atoms with Gasteiger partial charge in [-0.2, -0.15) is 0 Å². The lowest BCUT2D eigenvalue weighted by Crippen LogP contribution is -1.80. The largest absolute Gasteiger partial charge is 0.238 e. The fraction of sp³-hybridized carbons (Fsp3) is 0.417. The van der Waals surface area contributed by atoms with E-state index in [4.69, 9.17) is 0 Å². The lowest BCUT2D eigenvalue weighted by Gasteiger charge is -1.87. The van der Waals surface area contributed by atoms with Crippen LogP contribution in [0.4, 0.5) is 4.39 Å². The van der Waals surface area contributed by atoms with E-state index in [-0.39, 0.29) is 5.82 Å². The van der Waals surface area contributed by atoms with Crippen LogP contribution in [-0.2, 0) is 6.42 Å². The van der Waals surface area contributed by atoms with E-state index in [0.717, 1.165) is 22.5 Å². The number of benzene rings is 1. The molecule has 0 fully saturated rings. The Bertz CT molecular complexity index is 422. The first-order valence-corrected chi connectivity index (χ1v) is 6.17. The van der Waals surface area contributed by atoms with E-state index in [9.17, 15) is 4.39 Å². The normalized spacial score (nSPS) is 9.87. The van der Waals surface area contributed by atoms with Crippen molar-refractivity contribution < 1.29 is 4.39 Å². The van der Waals surface area contributed by atoms with Crippen LogP contribution >= 0.6 is 11.3 Å². The Morgan fingerprint density at radius 3 is 2.67 bits per heavy atom. The van der Waals surface area contributed by atoms with Crippen LogP contribution in [0.3, 0.4) is 0 Å². The number of aromatic nitrogens is 1. The average molecular weight is 225 g/mol. The minimum Gasteiger partial charge on any atom is -0.238 e. The van der Waals surface area contributed by atoms with Gasteiger partial charge in [0.05, 0.1) is 9.71 Å². The molecule has 1 aromatic heterocycles. The summed E-state index contributed by atoms with van der Waals surface area (Å²) in [5, 5.41) is 1.03. The molecule has 0 spiro atoms. The highest BCUT2D eigenvalue weighted by Gasteiger charge is 2.06. The molecule has 0 bridgehead atoms. The quantitative estimate of drug-likeness (QED) is 0.737. The molecule has 0 aliphatic heterocycles. The Balaban J connectivity index is 0.000000531. The standard InChI is InChI=1S/C10H10FNS.C2H6/c1-2-4-9-12-10-7(11)5-3-6-8(10)13-9;1-2/h3,5-6H,2,4H2,1H3;1-2H3. The molecule has 0 saturated heterocycles. The second-order valence-corrected chi connectivity index (χ2v) is 4.06. The molecule has 1 nitrogen and oxygen atoms in total. The summed E-state index contributed by atoms with van der Waals surface area (Å²) in [5.41, 5.74) is 0.524. The van der Waals surface area contributed by atoms with Gasteiger partial charge in [0, 0.05) is 0 Å². The van der Waals surface area contributed by atoms with E-state index in [1.165, 1.54) is 6.07 Å². The maximum absolute atomic E-state index is 13.2. The summed E-state index contributed by atoms with van der Waals surface area (Å²) in [6.07, 6.45) is 2.00. The van der Waals surface area contributed by atoms with E-state index >= 15 is 0 Å². The van der Waals surface area contributed by atoms with Gasteiger partial charge in [0.1, 0.15) is 11.3 Å². The molecular formula is C12H16FNS. The number of thiazole rings is 1. The molecule has 0 atom stereocenters. The van der Waals surface area contributed by atoms with Gasteiger partial charge in [-0.25, -0.2) is 9.37 Å². The van der Waals surface area contributed by atoms with Crippen LogP contribution in [0.25, 0.3) is 10.2 Å². The monoisotopic (exact) mass is 225 g/mol. The number of aryl methyl sites for hydroxylation is 1. The van der Waals surface area contributed by atoms with Gasteiger partial charge >= 0.3 is 0 Å². The lowest BCUT2D eigenvalue weighted by atomic mass is 10.3. The zero-order chi connectivity index (χ0) is 11.3. The number of hydrogen-bond acceptors (Lipinski definition) is 2. The van der Waals surface area contributed by atoms with Crippen molar-refractivity contribution >= 4 is 21.6 Å². The van der Waals surface area contributed by atoms with Gasteiger partial charge in [-0.1, -0.05) is 26.8 Å². The number of hydrogen-bond donors (Lipinski definition) is 0. The molecule has 0 unspecified atom stereocenters. The molecule has 3 heteroatoms. The van der Waals surface area contributed by atoms with Gasteiger partial charge in [0.25, 0.3) is 0 Å². The average Bonchev–Trinajstić information content (AvgIpc) is 2.66. The van der Waals surface area contributed by atoms with Crippen molar-refractivity contribution in [3.63, 3.8) is 0 Å². The lowest BCUT2D eigenvalue weighted by molar-refractivity contribution is 0.637. The first-order valence-electron chi connectivity index (χ1n) is 5.35. The van der Waals surface area contributed by atoms with Gasteiger partial charge in [-0.3, -0.25) is 0 Å². The summed E-state index contributed by atoms with van der Waals surface area (Å²) in [6, 6.07) is 5.10. The maximum Gasteiger partial charge on any atom is 0.150 e. The molecular weight excluding hydrogens is 209 g/mol. The van der Waals surface area contributed by atoms with E-state index in [1.54, 1.807) is 17.4 Å². The molecule has 1 heterocycles. The number of rotatable bonds is 2. The molecule has 0 radical (unpaired) electrons. The number of fused-ring (bicyclic) bond motifs is 1. The molecule has 15 heavy (non-hydrogen) atoms. The van der Waals surface area contributed by atoms with Crippen LogP contribution in [0.1, 0.15) is 32.2 Å². The Kier molecular flexibility index (Phi) is 4.69. The molecule has 2 aromatic rings. The number of halogens is 1. The van der Waals surface area contributed by atoms with Crippen molar-refractivity contribution in [1.82, 2.24) is 4.98 Å². The van der Waals surface area contributed by atoms with Crippen molar-refractivity contribution in [3.05, 3.63) is 29.0 Å². The summed E-state index contributed by atoms with van der Waals surface area (Å²) in [6.45, 7) is 6.10. The van der Waals surface area contributed by atoms with Crippen LogP contribution < -0.4 is 0 Å². The van der Waals surface area contributed by atoms with Gasteiger partial charge < -0.3 is 0 Å².